The van der Waals surface area contributed by atoms with E-state index in [1.54, 1.807) is 0 Å². The SMILES string of the molecule is COC(=O)CC(=O)OC1=CCCC1. The molecule has 0 unspecified atom stereocenters. The molecular formula is C9H12O4. The number of methoxy groups -OCH3 is 1. The van der Waals surface area contributed by atoms with Gasteiger partial charge >= 0.3 is 11.9 Å². The zero-order chi connectivity index (χ0) is 9.68. The van der Waals surface area contributed by atoms with Crippen molar-refractivity contribution in [1.82, 2.24) is 0 Å². The first-order valence-corrected chi connectivity index (χ1v) is 4.19. The molecule has 0 amide bonds. The van der Waals surface area contributed by atoms with Crippen LogP contribution in [0.3, 0.4) is 0 Å². The molecule has 1 aliphatic carbocycles. The minimum atomic E-state index is -0.566. The second-order valence-corrected chi connectivity index (χ2v) is 2.79. The number of ether oxygens (including phenoxy) is 2. The molecule has 4 nitrogen and oxygen atoms in total. The Morgan fingerprint density at radius 1 is 1.46 bits per heavy atom. The van der Waals surface area contributed by atoms with Crippen molar-refractivity contribution in [2.75, 3.05) is 7.11 Å². The summed E-state index contributed by atoms with van der Waals surface area (Å²) in [6.07, 6.45) is 4.30. The molecule has 13 heavy (non-hydrogen) atoms. The molecule has 0 saturated carbocycles. The van der Waals surface area contributed by atoms with Crippen molar-refractivity contribution in [2.24, 2.45) is 0 Å². The van der Waals surface area contributed by atoms with Crippen molar-refractivity contribution in [1.29, 1.82) is 0 Å². The lowest BCUT2D eigenvalue weighted by atomic mass is 10.3. The van der Waals surface area contributed by atoms with Crippen molar-refractivity contribution in [3.63, 3.8) is 0 Å². The first-order chi connectivity index (χ1) is 6.22. The monoisotopic (exact) mass is 184 g/mol. The standard InChI is InChI=1S/C9H12O4/c1-12-8(10)6-9(11)13-7-4-2-3-5-7/h4H,2-3,5-6H2,1H3. The summed E-state index contributed by atoms with van der Waals surface area (Å²) in [7, 11) is 1.24. The van der Waals surface area contributed by atoms with E-state index in [4.69, 9.17) is 4.74 Å². The molecule has 0 heterocycles. The maximum atomic E-state index is 11.0. The minimum absolute atomic E-state index is 0.312. The average Bonchev–Trinajstić information content (AvgIpc) is 2.56. The highest BCUT2D eigenvalue weighted by atomic mass is 16.5. The van der Waals surface area contributed by atoms with Crippen LogP contribution in [0.15, 0.2) is 11.8 Å². The molecule has 0 radical (unpaired) electrons. The first kappa shape index (κ1) is 9.77. The molecule has 0 N–H and O–H groups in total. The molecule has 0 aromatic rings. The van der Waals surface area contributed by atoms with Gasteiger partial charge in [-0.15, -0.1) is 0 Å². The van der Waals surface area contributed by atoms with E-state index in [-0.39, 0.29) is 6.42 Å². The zero-order valence-corrected chi connectivity index (χ0v) is 7.54. The third kappa shape index (κ3) is 3.27. The van der Waals surface area contributed by atoms with Crippen LogP contribution in [0.5, 0.6) is 0 Å². The molecule has 0 aromatic heterocycles. The Morgan fingerprint density at radius 3 is 2.77 bits per heavy atom. The maximum Gasteiger partial charge on any atom is 0.322 e. The summed E-state index contributed by atoms with van der Waals surface area (Å²) < 4.78 is 9.23. The summed E-state index contributed by atoms with van der Waals surface area (Å²) in [6.45, 7) is 0. The largest absolute Gasteiger partial charge is 0.469 e. The molecule has 1 rings (SSSR count). The Bertz CT molecular complexity index is 242. The van der Waals surface area contributed by atoms with E-state index in [1.165, 1.54) is 7.11 Å². The fourth-order valence-corrected chi connectivity index (χ4v) is 1.11. The van der Waals surface area contributed by atoms with Gasteiger partial charge in [0.2, 0.25) is 0 Å². The Balaban J connectivity index is 2.28. The Kier molecular flexibility index (Phi) is 3.49. The Labute approximate surface area is 76.5 Å². The maximum absolute atomic E-state index is 11.0. The molecule has 0 saturated heterocycles. The Hall–Kier alpha value is -1.32. The van der Waals surface area contributed by atoms with Gasteiger partial charge in [0.15, 0.2) is 0 Å². The molecule has 1 aliphatic rings. The van der Waals surface area contributed by atoms with Gasteiger partial charge in [-0.25, -0.2) is 0 Å². The summed E-state index contributed by atoms with van der Waals surface area (Å²) >= 11 is 0. The summed E-state index contributed by atoms with van der Waals surface area (Å²) in [5, 5.41) is 0. The third-order valence-corrected chi connectivity index (χ3v) is 1.76. The molecule has 0 aliphatic heterocycles. The van der Waals surface area contributed by atoms with E-state index in [9.17, 15) is 9.59 Å². The topological polar surface area (TPSA) is 52.6 Å². The van der Waals surface area contributed by atoms with Gasteiger partial charge in [-0.1, -0.05) is 0 Å². The van der Waals surface area contributed by atoms with Crippen molar-refractivity contribution in [2.45, 2.75) is 25.7 Å². The van der Waals surface area contributed by atoms with Gasteiger partial charge in [0.05, 0.1) is 7.11 Å². The van der Waals surface area contributed by atoms with E-state index < -0.39 is 11.9 Å². The molecule has 0 spiro atoms. The number of allylic oxidation sites excluding steroid dienone is 2. The van der Waals surface area contributed by atoms with Crippen LogP contribution >= 0.6 is 0 Å². The van der Waals surface area contributed by atoms with E-state index in [0.717, 1.165) is 19.3 Å². The molecule has 72 valence electrons. The van der Waals surface area contributed by atoms with Gasteiger partial charge in [0.25, 0.3) is 0 Å². The van der Waals surface area contributed by atoms with E-state index in [1.807, 2.05) is 6.08 Å². The number of carbonyl (C=O) groups is 2. The van der Waals surface area contributed by atoms with E-state index in [2.05, 4.69) is 4.74 Å². The average molecular weight is 184 g/mol. The van der Waals surface area contributed by atoms with Gasteiger partial charge in [-0.05, 0) is 18.9 Å². The van der Waals surface area contributed by atoms with Crippen LogP contribution in [0.2, 0.25) is 0 Å². The van der Waals surface area contributed by atoms with Crippen LogP contribution < -0.4 is 0 Å². The first-order valence-electron chi connectivity index (χ1n) is 4.19. The van der Waals surface area contributed by atoms with Crippen molar-refractivity contribution in [3.8, 4) is 0 Å². The molecule has 0 aromatic carbocycles. The number of rotatable bonds is 3. The van der Waals surface area contributed by atoms with Crippen LogP contribution in [0.1, 0.15) is 25.7 Å². The van der Waals surface area contributed by atoms with Gasteiger partial charge < -0.3 is 9.47 Å². The quantitative estimate of drug-likeness (QED) is 0.488. The predicted octanol–water partition coefficient (Wildman–Crippen LogP) is 1.16. The van der Waals surface area contributed by atoms with Gasteiger partial charge in [-0.3, -0.25) is 9.59 Å². The second kappa shape index (κ2) is 4.64. The number of esters is 2. The fraction of sp³-hybridized carbons (Fsp3) is 0.556. The highest BCUT2D eigenvalue weighted by Crippen LogP contribution is 2.18. The lowest BCUT2D eigenvalue weighted by Gasteiger charge is -2.02. The van der Waals surface area contributed by atoms with Crippen LogP contribution in [-0.4, -0.2) is 19.0 Å². The summed E-state index contributed by atoms with van der Waals surface area (Å²) in [4.78, 5) is 21.7. The fourth-order valence-electron chi connectivity index (χ4n) is 1.11. The lowest BCUT2D eigenvalue weighted by molar-refractivity contribution is -0.150. The molecule has 0 fully saturated rings. The van der Waals surface area contributed by atoms with Gasteiger partial charge in [-0.2, -0.15) is 0 Å². The van der Waals surface area contributed by atoms with Crippen LogP contribution in [0, 0.1) is 0 Å². The normalized spacial score (nSPS) is 15.0. The van der Waals surface area contributed by atoms with E-state index in [0.29, 0.717) is 5.76 Å². The summed E-state index contributed by atoms with van der Waals surface area (Å²) in [5.74, 6) is -0.433. The van der Waals surface area contributed by atoms with Crippen LogP contribution in [0.25, 0.3) is 0 Å². The van der Waals surface area contributed by atoms with Crippen molar-refractivity contribution >= 4 is 11.9 Å². The van der Waals surface area contributed by atoms with Gasteiger partial charge in [0, 0.05) is 6.42 Å². The predicted molar refractivity (Wildman–Crippen MR) is 44.7 cm³/mol. The smallest absolute Gasteiger partial charge is 0.322 e. The lowest BCUT2D eigenvalue weighted by Crippen LogP contribution is -2.11. The van der Waals surface area contributed by atoms with Crippen molar-refractivity contribution in [3.05, 3.63) is 11.8 Å². The highest BCUT2D eigenvalue weighted by Gasteiger charge is 2.14. The van der Waals surface area contributed by atoms with E-state index >= 15 is 0 Å². The molecule has 0 bridgehead atoms. The molecule has 4 heteroatoms. The molecular weight excluding hydrogens is 172 g/mol. The minimum Gasteiger partial charge on any atom is -0.469 e. The number of hydrogen-bond acceptors (Lipinski definition) is 4. The number of hydrogen-bond donors (Lipinski definition) is 0. The van der Waals surface area contributed by atoms with Crippen molar-refractivity contribution < 1.29 is 19.1 Å². The number of carbonyl (C=O) groups excluding carboxylic acids is 2. The van der Waals surface area contributed by atoms with Gasteiger partial charge in [0.1, 0.15) is 12.2 Å². The summed E-state index contributed by atoms with van der Waals surface area (Å²) in [5.41, 5.74) is 0. The summed E-state index contributed by atoms with van der Waals surface area (Å²) in [6, 6.07) is 0. The second-order valence-electron chi connectivity index (χ2n) is 2.79. The third-order valence-electron chi connectivity index (χ3n) is 1.76. The van der Waals surface area contributed by atoms with Crippen LogP contribution in [-0.2, 0) is 19.1 Å². The molecule has 0 atom stereocenters. The zero-order valence-electron chi connectivity index (χ0n) is 7.54. The highest BCUT2D eigenvalue weighted by molar-refractivity contribution is 5.91. The Morgan fingerprint density at radius 2 is 2.23 bits per heavy atom. The van der Waals surface area contributed by atoms with Crippen LogP contribution in [0.4, 0.5) is 0 Å².